The number of anilines is 1. The smallest absolute Gasteiger partial charge is 0.322 e. The summed E-state index contributed by atoms with van der Waals surface area (Å²) in [6.45, 7) is 2.82. The van der Waals surface area contributed by atoms with Crippen molar-refractivity contribution in [3.05, 3.63) is 24.3 Å². The van der Waals surface area contributed by atoms with Crippen LogP contribution in [-0.4, -0.2) is 41.8 Å². The highest BCUT2D eigenvalue weighted by atomic mass is 16.5. The number of hydrogen-bond acceptors (Lipinski definition) is 3. The first-order chi connectivity index (χ1) is 9.06. The van der Waals surface area contributed by atoms with Crippen molar-refractivity contribution in [1.82, 2.24) is 4.90 Å². The van der Waals surface area contributed by atoms with E-state index >= 15 is 0 Å². The Bertz CT molecular complexity index is 456. The highest BCUT2D eigenvalue weighted by Crippen LogP contribution is 2.26. The van der Waals surface area contributed by atoms with Gasteiger partial charge in [-0.3, -0.25) is 0 Å². The number of amides is 2. The van der Waals surface area contributed by atoms with Crippen molar-refractivity contribution >= 4 is 11.7 Å². The molecule has 0 radical (unpaired) electrons. The maximum Gasteiger partial charge on any atom is 0.322 e. The van der Waals surface area contributed by atoms with Crippen LogP contribution in [0.2, 0.25) is 0 Å². The Labute approximate surface area is 113 Å². The predicted molar refractivity (Wildman–Crippen MR) is 73.4 cm³/mol. The molecular formula is C14H20N2O3. The van der Waals surface area contributed by atoms with Gasteiger partial charge in [-0.05, 0) is 18.6 Å². The third-order valence-electron chi connectivity index (χ3n) is 3.29. The van der Waals surface area contributed by atoms with Crippen molar-refractivity contribution < 1.29 is 14.6 Å². The highest BCUT2D eigenvalue weighted by molar-refractivity contribution is 5.90. The van der Waals surface area contributed by atoms with Crippen LogP contribution in [-0.2, 0) is 0 Å². The van der Waals surface area contributed by atoms with Gasteiger partial charge in [0.15, 0.2) is 0 Å². The molecule has 1 heterocycles. The van der Waals surface area contributed by atoms with E-state index in [1.807, 2.05) is 19.1 Å². The van der Waals surface area contributed by atoms with Gasteiger partial charge in [0.05, 0.1) is 25.8 Å². The molecule has 0 atom stereocenters. The summed E-state index contributed by atoms with van der Waals surface area (Å²) in [4.78, 5) is 13.6. The summed E-state index contributed by atoms with van der Waals surface area (Å²) >= 11 is 0. The van der Waals surface area contributed by atoms with E-state index in [1.165, 1.54) is 0 Å². The van der Waals surface area contributed by atoms with E-state index < -0.39 is 5.60 Å². The minimum atomic E-state index is -0.694. The van der Waals surface area contributed by atoms with Crippen LogP contribution < -0.4 is 10.1 Å². The lowest BCUT2D eigenvalue weighted by Crippen LogP contribution is -2.64. The first-order valence-electron chi connectivity index (χ1n) is 6.49. The van der Waals surface area contributed by atoms with Gasteiger partial charge in [0.25, 0.3) is 0 Å². The number of carbonyl (C=O) groups is 1. The molecule has 1 aromatic rings. The zero-order valence-electron chi connectivity index (χ0n) is 11.3. The predicted octanol–water partition coefficient (Wildman–Crippen LogP) is 2.07. The number of urea groups is 1. The summed E-state index contributed by atoms with van der Waals surface area (Å²) in [7, 11) is 1.58. The average Bonchev–Trinajstić information content (AvgIpc) is 2.36. The molecule has 0 unspecified atom stereocenters. The van der Waals surface area contributed by atoms with Crippen LogP contribution >= 0.6 is 0 Å². The van der Waals surface area contributed by atoms with Gasteiger partial charge in [0, 0.05) is 11.8 Å². The van der Waals surface area contributed by atoms with Crippen molar-refractivity contribution in [2.24, 2.45) is 0 Å². The fourth-order valence-electron chi connectivity index (χ4n) is 2.33. The second kappa shape index (κ2) is 5.48. The Morgan fingerprint density at radius 2 is 2.26 bits per heavy atom. The van der Waals surface area contributed by atoms with Gasteiger partial charge >= 0.3 is 6.03 Å². The standard InChI is InChI=1S/C14H20N2O3/c1-3-7-14(18)9-16(10-14)13(17)15-11-5-4-6-12(8-11)19-2/h4-6,8,18H,3,7,9-10H2,1-2H3,(H,15,17). The van der Waals surface area contributed by atoms with E-state index in [0.717, 1.165) is 12.8 Å². The molecule has 1 aliphatic heterocycles. The van der Waals surface area contributed by atoms with E-state index in [0.29, 0.717) is 24.5 Å². The quantitative estimate of drug-likeness (QED) is 0.875. The second-order valence-corrected chi connectivity index (χ2v) is 4.99. The molecule has 1 fully saturated rings. The van der Waals surface area contributed by atoms with Gasteiger partial charge in [-0.25, -0.2) is 4.79 Å². The molecule has 0 aliphatic carbocycles. The molecule has 2 amide bonds. The van der Waals surface area contributed by atoms with E-state index in [-0.39, 0.29) is 6.03 Å². The Kier molecular flexibility index (Phi) is 3.95. The third-order valence-corrected chi connectivity index (χ3v) is 3.29. The lowest BCUT2D eigenvalue weighted by Gasteiger charge is -2.46. The molecule has 0 spiro atoms. The molecule has 5 heteroatoms. The van der Waals surface area contributed by atoms with E-state index in [9.17, 15) is 9.90 Å². The molecule has 1 saturated heterocycles. The molecule has 2 N–H and O–H groups in total. The molecule has 19 heavy (non-hydrogen) atoms. The number of ether oxygens (including phenoxy) is 1. The highest BCUT2D eigenvalue weighted by Gasteiger charge is 2.42. The molecule has 0 saturated carbocycles. The van der Waals surface area contributed by atoms with Crippen LogP contribution in [0.15, 0.2) is 24.3 Å². The number of rotatable bonds is 4. The number of hydrogen-bond donors (Lipinski definition) is 2. The molecule has 104 valence electrons. The molecule has 0 aromatic heterocycles. The topological polar surface area (TPSA) is 61.8 Å². The zero-order chi connectivity index (χ0) is 13.9. The summed E-state index contributed by atoms with van der Waals surface area (Å²) in [6, 6.07) is 7.01. The Hall–Kier alpha value is -1.75. The normalized spacial score (nSPS) is 16.7. The molecule has 1 aromatic carbocycles. The summed E-state index contributed by atoms with van der Waals surface area (Å²) in [5.41, 5.74) is -0.00391. The Morgan fingerprint density at radius 1 is 1.53 bits per heavy atom. The van der Waals surface area contributed by atoms with Gasteiger partial charge in [0.2, 0.25) is 0 Å². The van der Waals surface area contributed by atoms with Crippen LogP contribution in [0.25, 0.3) is 0 Å². The van der Waals surface area contributed by atoms with Crippen molar-refractivity contribution in [3.63, 3.8) is 0 Å². The number of likely N-dealkylation sites (tertiary alicyclic amines) is 1. The Balaban J connectivity index is 1.89. The second-order valence-electron chi connectivity index (χ2n) is 4.99. The van der Waals surface area contributed by atoms with Crippen molar-refractivity contribution in [2.75, 3.05) is 25.5 Å². The lowest BCUT2D eigenvalue weighted by atomic mass is 9.90. The van der Waals surface area contributed by atoms with E-state index in [1.54, 1.807) is 24.1 Å². The number of methoxy groups -OCH3 is 1. The molecule has 5 nitrogen and oxygen atoms in total. The van der Waals surface area contributed by atoms with Crippen LogP contribution in [0.5, 0.6) is 5.75 Å². The fraction of sp³-hybridized carbons (Fsp3) is 0.500. The van der Waals surface area contributed by atoms with Crippen molar-refractivity contribution in [2.45, 2.75) is 25.4 Å². The number of benzene rings is 1. The maximum absolute atomic E-state index is 11.9. The van der Waals surface area contributed by atoms with Gasteiger partial charge in [-0.15, -0.1) is 0 Å². The molecule has 0 bridgehead atoms. The van der Waals surface area contributed by atoms with Gasteiger partial charge < -0.3 is 20.1 Å². The summed E-state index contributed by atoms with van der Waals surface area (Å²) < 4.78 is 5.10. The first kappa shape index (κ1) is 13.7. The monoisotopic (exact) mass is 264 g/mol. The van der Waals surface area contributed by atoms with Gasteiger partial charge in [0.1, 0.15) is 5.75 Å². The maximum atomic E-state index is 11.9. The summed E-state index contributed by atoms with van der Waals surface area (Å²) in [5.74, 6) is 0.698. The SMILES string of the molecule is CCCC1(O)CN(C(=O)Nc2cccc(OC)c2)C1. The fourth-order valence-corrected chi connectivity index (χ4v) is 2.33. The van der Waals surface area contributed by atoms with Crippen LogP contribution in [0.4, 0.5) is 10.5 Å². The van der Waals surface area contributed by atoms with Crippen LogP contribution in [0, 0.1) is 0 Å². The minimum Gasteiger partial charge on any atom is -0.497 e. The van der Waals surface area contributed by atoms with Crippen LogP contribution in [0.1, 0.15) is 19.8 Å². The number of carbonyl (C=O) groups excluding carboxylic acids is 1. The number of aliphatic hydroxyl groups is 1. The summed E-state index contributed by atoms with van der Waals surface area (Å²) in [6.07, 6.45) is 1.65. The number of nitrogens with one attached hydrogen (secondary N) is 1. The van der Waals surface area contributed by atoms with Crippen LogP contribution in [0.3, 0.4) is 0 Å². The van der Waals surface area contributed by atoms with Crippen molar-refractivity contribution in [3.8, 4) is 5.75 Å². The average molecular weight is 264 g/mol. The molecule has 1 aliphatic rings. The lowest BCUT2D eigenvalue weighted by molar-refractivity contribution is -0.0792. The number of nitrogens with zero attached hydrogens (tertiary/aromatic N) is 1. The Morgan fingerprint density at radius 3 is 2.89 bits per heavy atom. The zero-order valence-corrected chi connectivity index (χ0v) is 11.3. The van der Waals surface area contributed by atoms with E-state index in [2.05, 4.69) is 5.32 Å². The third kappa shape index (κ3) is 3.17. The summed E-state index contributed by atoms with van der Waals surface area (Å²) in [5, 5.41) is 12.8. The minimum absolute atomic E-state index is 0.186. The van der Waals surface area contributed by atoms with Gasteiger partial charge in [-0.1, -0.05) is 19.4 Å². The molecule has 2 rings (SSSR count). The molecular weight excluding hydrogens is 244 g/mol. The van der Waals surface area contributed by atoms with Gasteiger partial charge in [-0.2, -0.15) is 0 Å². The van der Waals surface area contributed by atoms with E-state index in [4.69, 9.17) is 4.74 Å². The first-order valence-corrected chi connectivity index (χ1v) is 6.49. The number of β-amino-alcohol motifs (C(OH)–C–C–N with tert-alkyl or cyclic N) is 1. The largest absolute Gasteiger partial charge is 0.497 e. The van der Waals surface area contributed by atoms with Crippen molar-refractivity contribution in [1.29, 1.82) is 0 Å².